The quantitative estimate of drug-likeness (QED) is 0.918. The molecule has 0 saturated carbocycles. The summed E-state index contributed by atoms with van der Waals surface area (Å²) < 4.78 is 5.13. The van der Waals surface area contributed by atoms with Crippen LogP contribution in [-0.4, -0.2) is 52.8 Å². The third kappa shape index (κ3) is 4.16. The number of carboxylic acid groups (broad SMARTS) is 1. The molecule has 1 N–H and O–H groups in total. The number of hydrogen-bond donors (Lipinski definition) is 1. The molecule has 20 heavy (non-hydrogen) atoms. The number of amides is 1. The fraction of sp³-hybridized carbons (Fsp3) is 0.429. The number of aliphatic carboxylic acids is 1. The Kier molecular flexibility index (Phi) is 5.29. The summed E-state index contributed by atoms with van der Waals surface area (Å²) in [6, 6.07) is 9.16. The van der Waals surface area contributed by atoms with Gasteiger partial charge in [0, 0.05) is 31.0 Å². The molecule has 0 aromatic heterocycles. The Bertz CT molecular complexity index is 460. The normalized spacial score (nSPS) is 16.5. The van der Waals surface area contributed by atoms with Crippen molar-refractivity contribution in [3.8, 4) is 0 Å². The van der Waals surface area contributed by atoms with Crippen LogP contribution in [0.3, 0.4) is 0 Å². The summed E-state index contributed by atoms with van der Waals surface area (Å²) in [5.74, 6) is 0.616. The van der Waals surface area contributed by atoms with Gasteiger partial charge >= 0.3 is 12.1 Å². The molecule has 1 atom stereocenters. The smallest absolute Gasteiger partial charge is 0.410 e. The van der Waals surface area contributed by atoms with Crippen molar-refractivity contribution in [1.29, 1.82) is 0 Å². The second-order valence-corrected chi connectivity index (χ2v) is 5.72. The van der Waals surface area contributed by atoms with Crippen LogP contribution in [0, 0.1) is 0 Å². The number of benzene rings is 1. The van der Waals surface area contributed by atoms with Crippen molar-refractivity contribution in [3.63, 3.8) is 0 Å². The third-order valence-electron chi connectivity index (χ3n) is 3.05. The molecule has 1 saturated heterocycles. The third-order valence-corrected chi connectivity index (χ3v) is 3.99. The topological polar surface area (TPSA) is 66.8 Å². The van der Waals surface area contributed by atoms with Crippen molar-refractivity contribution in [2.45, 2.75) is 12.5 Å². The molecule has 0 bridgehead atoms. The number of carbonyl (C=O) groups excluding carboxylic acids is 1. The molecule has 0 aliphatic carbocycles. The molecule has 1 aliphatic rings. The molecule has 0 radical (unpaired) electrons. The van der Waals surface area contributed by atoms with Crippen molar-refractivity contribution < 1.29 is 19.4 Å². The van der Waals surface area contributed by atoms with E-state index in [0.29, 0.717) is 13.1 Å². The van der Waals surface area contributed by atoms with E-state index in [-0.39, 0.29) is 6.42 Å². The number of thioether (sulfide) groups is 1. The van der Waals surface area contributed by atoms with E-state index in [1.165, 1.54) is 0 Å². The molecular formula is C14H17NO4S. The lowest BCUT2D eigenvalue weighted by Gasteiger charge is -2.27. The van der Waals surface area contributed by atoms with Gasteiger partial charge in [-0.3, -0.25) is 0 Å². The predicted molar refractivity (Wildman–Crippen MR) is 76.9 cm³/mol. The van der Waals surface area contributed by atoms with Crippen molar-refractivity contribution >= 4 is 23.8 Å². The zero-order valence-corrected chi connectivity index (χ0v) is 11.8. The van der Waals surface area contributed by atoms with Gasteiger partial charge in [-0.15, -0.1) is 0 Å². The maximum absolute atomic E-state index is 11.9. The highest BCUT2D eigenvalue weighted by atomic mass is 32.2. The summed E-state index contributed by atoms with van der Waals surface area (Å²) in [4.78, 5) is 24.7. The molecular weight excluding hydrogens is 278 g/mol. The van der Waals surface area contributed by atoms with Gasteiger partial charge in [0.25, 0.3) is 0 Å². The van der Waals surface area contributed by atoms with Gasteiger partial charge in [0.05, 0.1) is 0 Å². The Morgan fingerprint density at radius 3 is 2.50 bits per heavy atom. The van der Waals surface area contributed by atoms with Crippen LogP contribution in [0.1, 0.15) is 5.56 Å². The van der Waals surface area contributed by atoms with Crippen LogP contribution in [0.5, 0.6) is 0 Å². The van der Waals surface area contributed by atoms with Gasteiger partial charge in [0.2, 0.25) is 6.10 Å². The van der Waals surface area contributed by atoms with Crippen LogP contribution in [0.25, 0.3) is 0 Å². The Morgan fingerprint density at radius 2 is 1.90 bits per heavy atom. The Morgan fingerprint density at radius 1 is 1.25 bits per heavy atom. The van der Waals surface area contributed by atoms with E-state index < -0.39 is 18.2 Å². The van der Waals surface area contributed by atoms with Gasteiger partial charge in [0.1, 0.15) is 0 Å². The molecule has 1 fully saturated rings. The fourth-order valence-corrected chi connectivity index (χ4v) is 2.85. The SMILES string of the molecule is O=C(O)[C@H](Cc1ccccc1)OC(=O)N1CCSCC1. The summed E-state index contributed by atoms with van der Waals surface area (Å²) in [5, 5.41) is 9.18. The molecule has 1 aromatic carbocycles. The molecule has 1 aromatic rings. The number of carboxylic acids is 1. The van der Waals surface area contributed by atoms with E-state index in [4.69, 9.17) is 4.74 Å². The first-order valence-corrected chi connectivity index (χ1v) is 7.62. The lowest BCUT2D eigenvalue weighted by molar-refractivity contribution is -0.147. The molecule has 1 heterocycles. The summed E-state index contributed by atoms with van der Waals surface area (Å²) in [6.45, 7) is 1.22. The van der Waals surface area contributed by atoms with Gasteiger partial charge in [-0.1, -0.05) is 30.3 Å². The van der Waals surface area contributed by atoms with Crippen molar-refractivity contribution in [2.24, 2.45) is 0 Å². The number of ether oxygens (including phenoxy) is 1. The van der Waals surface area contributed by atoms with Crippen LogP contribution in [-0.2, 0) is 16.0 Å². The summed E-state index contributed by atoms with van der Waals surface area (Å²) in [5.41, 5.74) is 0.835. The van der Waals surface area contributed by atoms with E-state index in [9.17, 15) is 14.7 Å². The molecule has 0 unspecified atom stereocenters. The largest absolute Gasteiger partial charge is 0.478 e. The predicted octanol–water partition coefficient (Wildman–Crippen LogP) is 1.87. The number of nitrogens with zero attached hydrogens (tertiary/aromatic N) is 1. The van der Waals surface area contributed by atoms with Crippen LogP contribution in [0.2, 0.25) is 0 Å². The highest BCUT2D eigenvalue weighted by Gasteiger charge is 2.26. The van der Waals surface area contributed by atoms with Gasteiger partial charge in [-0.05, 0) is 5.56 Å². The van der Waals surface area contributed by atoms with Crippen molar-refractivity contribution in [1.82, 2.24) is 4.90 Å². The molecule has 1 aliphatic heterocycles. The summed E-state index contributed by atoms with van der Waals surface area (Å²) in [6.07, 6.45) is -1.49. The lowest BCUT2D eigenvalue weighted by atomic mass is 10.1. The molecule has 0 spiro atoms. The molecule has 1 amide bonds. The van der Waals surface area contributed by atoms with Crippen molar-refractivity contribution in [3.05, 3.63) is 35.9 Å². The van der Waals surface area contributed by atoms with E-state index in [0.717, 1.165) is 17.1 Å². The van der Waals surface area contributed by atoms with E-state index in [1.807, 2.05) is 30.3 Å². The molecule has 5 nitrogen and oxygen atoms in total. The highest BCUT2D eigenvalue weighted by molar-refractivity contribution is 7.99. The van der Waals surface area contributed by atoms with Gasteiger partial charge in [0.15, 0.2) is 0 Å². The van der Waals surface area contributed by atoms with Crippen LogP contribution >= 0.6 is 11.8 Å². The first-order valence-electron chi connectivity index (χ1n) is 6.47. The minimum Gasteiger partial charge on any atom is -0.478 e. The van der Waals surface area contributed by atoms with E-state index in [2.05, 4.69) is 0 Å². The number of hydrogen-bond acceptors (Lipinski definition) is 4. The first kappa shape index (κ1) is 14.7. The Labute approximate surface area is 121 Å². The minimum atomic E-state index is -1.14. The van der Waals surface area contributed by atoms with Crippen LogP contribution in [0.4, 0.5) is 4.79 Å². The van der Waals surface area contributed by atoms with Gasteiger partial charge in [-0.2, -0.15) is 11.8 Å². The van der Waals surface area contributed by atoms with Crippen LogP contribution < -0.4 is 0 Å². The number of rotatable bonds is 4. The van der Waals surface area contributed by atoms with Crippen LogP contribution in [0.15, 0.2) is 30.3 Å². The average molecular weight is 295 g/mol. The van der Waals surface area contributed by atoms with Gasteiger partial charge < -0.3 is 14.7 Å². The van der Waals surface area contributed by atoms with E-state index in [1.54, 1.807) is 16.7 Å². The van der Waals surface area contributed by atoms with Gasteiger partial charge in [-0.25, -0.2) is 9.59 Å². The monoisotopic (exact) mass is 295 g/mol. The first-order chi connectivity index (χ1) is 9.66. The summed E-state index contributed by atoms with van der Waals surface area (Å²) in [7, 11) is 0. The highest BCUT2D eigenvalue weighted by Crippen LogP contribution is 2.13. The second-order valence-electron chi connectivity index (χ2n) is 4.50. The molecule has 2 rings (SSSR count). The van der Waals surface area contributed by atoms with E-state index >= 15 is 0 Å². The summed E-state index contributed by atoms with van der Waals surface area (Å²) >= 11 is 1.78. The second kappa shape index (κ2) is 7.19. The zero-order valence-electron chi connectivity index (χ0n) is 11.0. The minimum absolute atomic E-state index is 0.185. The average Bonchev–Trinajstić information content (AvgIpc) is 2.48. The zero-order chi connectivity index (χ0) is 14.4. The maximum Gasteiger partial charge on any atom is 0.410 e. The fourth-order valence-electron chi connectivity index (χ4n) is 1.95. The lowest BCUT2D eigenvalue weighted by Crippen LogP contribution is -2.41. The molecule has 108 valence electrons. The standard InChI is InChI=1S/C14H17NO4S/c16-13(17)12(10-11-4-2-1-3-5-11)19-14(18)15-6-8-20-9-7-15/h1-5,12H,6-10H2,(H,16,17)/t12-/m0/s1. The maximum atomic E-state index is 11.9. The Hall–Kier alpha value is -1.69. The molecule has 6 heteroatoms. The van der Waals surface area contributed by atoms with Crippen molar-refractivity contribution in [2.75, 3.05) is 24.6 Å². The Balaban J connectivity index is 1.95. The number of carbonyl (C=O) groups is 2.